The Hall–Kier alpha value is -1.71. The summed E-state index contributed by atoms with van der Waals surface area (Å²) >= 11 is 1.58. The van der Waals surface area contributed by atoms with Gasteiger partial charge in [-0.3, -0.25) is 0 Å². The molecule has 0 bridgehead atoms. The second-order valence-electron chi connectivity index (χ2n) is 6.63. The molecule has 1 unspecified atom stereocenters. The quantitative estimate of drug-likeness (QED) is 0.478. The van der Waals surface area contributed by atoms with E-state index in [2.05, 4.69) is 4.74 Å². The van der Waals surface area contributed by atoms with Crippen molar-refractivity contribution in [3.63, 3.8) is 0 Å². The summed E-state index contributed by atoms with van der Waals surface area (Å²) in [6, 6.07) is 12.3. The molecule has 0 saturated heterocycles. The standard InChI is InChI=1S/C20H24F3NO3S2/c1-4-12-24(14-16(3)28-18-7-5-6-15(2)13-18)29(25,26)19-10-8-17(9-11-19)27-20(21,22)23/h5-11,13,16H,4,12,14H2,1-3H3. The van der Waals surface area contributed by atoms with E-state index in [0.29, 0.717) is 13.0 Å². The highest BCUT2D eigenvalue weighted by atomic mass is 32.2. The lowest BCUT2D eigenvalue weighted by Gasteiger charge is -2.25. The van der Waals surface area contributed by atoms with E-state index in [0.717, 1.165) is 34.7 Å². The van der Waals surface area contributed by atoms with Gasteiger partial charge >= 0.3 is 6.36 Å². The highest BCUT2D eigenvalue weighted by Gasteiger charge is 2.31. The van der Waals surface area contributed by atoms with Crippen LogP contribution < -0.4 is 4.74 Å². The summed E-state index contributed by atoms with van der Waals surface area (Å²) in [7, 11) is -3.84. The molecule has 2 aromatic carbocycles. The van der Waals surface area contributed by atoms with Gasteiger partial charge in [-0.25, -0.2) is 8.42 Å². The maximum absolute atomic E-state index is 13.0. The van der Waals surface area contributed by atoms with Crippen LogP contribution in [0.5, 0.6) is 5.75 Å². The molecule has 0 N–H and O–H groups in total. The molecule has 0 saturated carbocycles. The number of alkyl halides is 3. The number of sulfonamides is 1. The molecule has 4 nitrogen and oxygen atoms in total. The molecule has 2 aromatic rings. The monoisotopic (exact) mass is 447 g/mol. The summed E-state index contributed by atoms with van der Waals surface area (Å²) in [5.41, 5.74) is 1.13. The van der Waals surface area contributed by atoms with Crippen molar-refractivity contribution in [2.45, 2.75) is 48.6 Å². The van der Waals surface area contributed by atoms with Crippen LogP contribution in [0.1, 0.15) is 25.8 Å². The molecule has 0 fully saturated rings. The van der Waals surface area contributed by atoms with Gasteiger partial charge in [0, 0.05) is 23.2 Å². The molecule has 0 amide bonds. The van der Waals surface area contributed by atoms with E-state index in [1.165, 1.54) is 4.31 Å². The Morgan fingerprint density at radius 2 is 1.79 bits per heavy atom. The van der Waals surface area contributed by atoms with E-state index in [4.69, 9.17) is 0 Å². The molecule has 0 aliphatic heterocycles. The Kier molecular flexibility index (Phi) is 8.02. The van der Waals surface area contributed by atoms with Crippen LogP contribution in [-0.4, -0.2) is 37.4 Å². The Labute approximate surface area is 174 Å². The molecule has 160 valence electrons. The number of benzene rings is 2. The maximum Gasteiger partial charge on any atom is 0.573 e. The van der Waals surface area contributed by atoms with Gasteiger partial charge in [-0.1, -0.05) is 31.5 Å². The number of thioether (sulfide) groups is 1. The lowest BCUT2D eigenvalue weighted by molar-refractivity contribution is -0.274. The van der Waals surface area contributed by atoms with Crippen LogP contribution in [0, 0.1) is 6.92 Å². The van der Waals surface area contributed by atoms with Crippen molar-refractivity contribution in [3.8, 4) is 5.75 Å². The van der Waals surface area contributed by atoms with Gasteiger partial charge in [0.15, 0.2) is 0 Å². The van der Waals surface area contributed by atoms with Crippen LogP contribution in [-0.2, 0) is 10.0 Å². The number of hydrogen-bond acceptors (Lipinski definition) is 4. The number of aryl methyl sites for hydroxylation is 1. The van der Waals surface area contributed by atoms with E-state index >= 15 is 0 Å². The molecule has 29 heavy (non-hydrogen) atoms. The number of ether oxygens (including phenoxy) is 1. The minimum absolute atomic E-state index is 0.00837. The first-order valence-corrected chi connectivity index (χ1v) is 11.4. The fourth-order valence-electron chi connectivity index (χ4n) is 2.77. The van der Waals surface area contributed by atoms with Crippen LogP contribution in [0.25, 0.3) is 0 Å². The molecule has 0 spiro atoms. The predicted octanol–water partition coefficient (Wildman–Crippen LogP) is 5.48. The zero-order chi connectivity index (χ0) is 21.7. The Morgan fingerprint density at radius 1 is 1.14 bits per heavy atom. The van der Waals surface area contributed by atoms with Gasteiger partial charge < -0.3 is 4.74 Å². The van der Waals surface area contributed by atoms with E-state index in [9.17, 15) is 21.6 Å². The summed E-state index contributed by atoms with van der Waals surface area (Å²) < 4.78 is 68.1. The van der Waals surface area contributed by atoms with Gasteiger partial charge in [0.25, 0.3) is 0 Å². The number of rotatable bonds is 9. The van der Waals surface area contributed by atoms with Crippen molar-refractivity contribution >= 4 is 21.8 Å². The third-order valence-corrected chi connectivity index (χ3v) is 6.91. The summed E-state index contributed by atoms with van der Waals surface area (Å²) in [5, 5.41) is -0.00837. The summed E-state index contributed by atoms with van der Waals surface area (Å²) in [6.07, 6.45) is -4.20. The molecule has 0 aliphatic rings. The SMILES string of the molecule is CCCN(CC(C)Sc1cccc(C)c1)S(=O)(=O)c1ccc(OC(F)(F)F)cc1. The highest BCUT2D eigenvalue weighted by molar-refractivity contribution is 8.00. The Balaban J connectivity index is 2.15. The zero-order valence-electron chi connectivity index (χ0n) is 16.4. The largest absolute Gasteiger partial charge is 0.573 e. The average Bonchev–Trinajstić information content (AvgIpc) is 2.60. The van der Waals surface area contributed by atoms with E-state index in [-0.39, 0.29) is 16.7 Å². The fraction of sp³-hybridized carbons (Fsp3) is 0.400. The summed E-state index contributed by atoms with van der Waals surface area (Å²) in [6.45, 7) is 6.43. The van der Waals surface area contributed by atoms with E-state index < -0.39 is 22.1 Å². The average molecular weight is 448 g/mol. The topological polar surface area (TPSA) is 46.6 Å². The second kappa shape index (κ2) is 9.86. The molecular formula is C20H24F3NO3S2. The lowest BCUT2D eigenvalue weighted by Crippen LogP contribution is -2.36. The first kappa shape index (κ1) is 23.6. The van der Waals surface area contributed by atoms with Crippen molar-refractivity contribution in [1.82, 2.24) is 4.31 Å². The van der Waals surface area contributed by atoms with Crippen LogP contribution in [0.15, 0.2) is 58.3 Å². The maximum atomic E-state index is 13.0. The number of hydrogen-bond donors (Lipinski definition) is 0. The van der Waals surface area contributed by atoms with Crippen LogP contribution in [0.3, 0.4) is 0 Å². The molecule has 0 aliphatic carbocycles. The Morgan fingerprint density at radius 3 is 2.34 bits per heavy atom. The van der Waals surface area contributed by atoms with Gasteiger partial charge in [0.1, 0.15) is 5.75 Å². The molecule has 2 rings (SSSR count). The van der Waals surface area contributed by atoms with Gasteiger partial charge in [-0.15, -0.1) is 24.9 Å². The summed E-state index contributed by atoms with van der Waals surface area (Å²) in [4.78, 5) is 0.994. The second-order valence-corrected chi connectivity index (χ2v) is 10.1. The molecule has 1 atom stereocenters. The smallest absolute Gasteiger partial charge is 0.406 e. The van der Waals surface area contributed by atoms with Crippen molar-refractivity contribution in [1.29, 1.82) is 0 Å². The number of halogens is 3. The number of nitrogens with zero attached hydrogens (tertiary/aromatic N) is 1. The highest BCUT2D eigenvalue weighted by Crippen LogP contribution is 2.28. The van der Waals surface area contributed by atoms with Crippen LogP contribution in [0.4, 0.5) is 13.2 Å². The molecular weight excluding hydrogens is 423 g/mol. The minimum Gasteiger partial charge on any atom is -0.406 e. The molecule has 0 radical (unpaired) electrons. The lowest BCUT2D eigenvalue weighted by atomic mass is 10.2. The molecule has 9 heteroatoms. The Bertz CT molecular complexity index is 900. The first-order valence-electron chi connectivity index (χ1n) is 9.10. The van der Waals surface area contributed by atoms with Gasteiger partial charge in [0.05, 0.1) is 4.90 Å². The minimum atomic E-state index is -4.82. The molecule has 0 aromatic heterocycles. The van der Waals surface area contributed by atoms with Crippen LogP contribution >= 0.6 is 11.8 Å². The third kappa shape index (κ3) is 7.24. The van der Waals surface area contributed by atoms with E-state index in [1.54, 1.807) is 11.8 Å². The van der Waals surface area contributed by atoms with Gasteiger partial charge in [0.2, 0.25) is 10.0 Å². The normalized spacial score (nSPS) is 13.5. The van der Waals surface area contributed by atoms with Crippen LogP contribution in [0.2, 0.25) is 0 Å². The molecule has 0 heterocycles. The van der Waals surface area contributed by atoms with Crippen molar-refractivity contribution in [2.75, 3.05) is 13.1 Å². The van der Waals surface area contributed by atoms with Crippen molar-refractivity contribution < 1.29 is 26.3 Å². The van der Waals surface area contributed by atoms with Crippen molar-refractivity contribution in [3.05, 3.63) is 54.1 Å². The summed E-state index contributed by atoms with van der Waals surface area (Å²) in [5.74, 6) is -0.457. The fourth-order valence-corrected chi connectivity index (χ4v) is 5.61. The predicted molar refractivity (Wildman–Crippen MR) is 109 cm³/mol. The van der Waals surface area contributed by atoms with Gasteiger partial charge in [-0.2, -0.15) is 4.31 Å². The van der Waals surface area contributed by atoms with Crippen molar-refractivity contribution in [2.24, 2.45) is 0 Å². The van der Waals surface area contributed by atoms with E-state index in [1.807, 2.05) is 45.0 Å². The first-order chi connectivity index (χ1) is 13.5. The van der Waals surface area contributed by atoms with Gasteiger partial charge in [-0.05, 0) is 49.7 Å². The third-order valence-electron chi connectivity index (χ3n) is 3.96. The zero-order valence-corrected chi connectivity index (χ0v) is 18.1.